The molecule has 0 aliphatic carbocycles. The van der Waals surface area contributed by atoms with E-state index in [1.807, 2.05) is 6.92 Å². The van der Waals surface area contributed by atoms with Crippen molar-refractivity contribution in [2.75, 3.05) is 25.4 Å². The summed E-state index contributed by atoms with van der Waals surface area (Å²) in [4.78, 5) is 12.4. The molecule has 0 atom stereocenters. The predicted octanol–water partition coefficient (Wildman–Crippen LogP) is 1.38. The van der Waals surface area contributed by atoms with Gasteiger partial charge in [-0.3, -0.25) is 15.0 Å². The van der Waals surface area contributed by atoms with E-state index >= 15 is 0 Å². The first kappa shape index (κ1) is 14.4. The summed E-state index contributed by atoms with van der Waals surface area (Å²) in [5.41, 5.74) is 7.19. The average Bonchev–Trinajstić information content (AvgIpc) is 2.36. The molecule has 6 heteroatoms. The molecule has 0 spiro atoms. The number of rotatable bonds is 7. The molecule has 0 unspecified atom stereocenters. The van der Waals surface area contributed by atoms with E-state index < -0.39 is 4.92 Å². The Morgan fingerprint density at radius 2 is 2.22 bits per heavy atom. The molecule has 3 N–H and O–H groups in total. The molecule has 1 aromatic rings. The maximum atomic E-state index is 10.7. The van der Waals surface area contributed by atoms with E-state index in [-0.39, 0.29) is 12.3 Å². The lowest BCUT2D eigenvalue weighted by Gasteiger charge is -2.20. The van der Waals surface area contributed by atoms with Crippen molar-refractivity contribution < 1.29 is 10.0 Å². The van der Waals surface area contributed by atoms with Gasteiger partial charge in [0, 0.05) is 37.5 Å². The molecule has 0 bridgehead atoms. The van der Waals surface area contributed by atoms with Crippen LogP contribution in [-0.4, -0.2) is 34.6 Å². The predicted molar refractivity (Wildman–Crippen MR) is 70.2 cm³/mol. The third-order valence-corrected chi connectivity index (χ3v) is 2.81. The topological polar surface area (TPSA) is 92.6 Å². The van der Waals surface area contributed by atoms with E-state index in [9.17, 15) is 10.1 Å². The van der Waals surface area contributed by atoms with Gasteiger partial charge >= 0.3 is 0 Å². The highest BCUT2D eigenvalue weighted by Crippen LogP contribution is 2.21. The van der Waals surface area contributed by atoms with Gasteiger partial charge in [-0.25, -0.2) is 0 Å². The van der Waals surface area contributed by atoms with Gasteiger partial charge in [0.2, 0.25) is 0 Å². The number of nitrogens with zero attached hydrogens (tertiary/aromatic N) is 2. The number of nitrogen functional groups attached to an aromatic ring is 1. The van der Waals surface area contributed by atoms with Crippen molar-refractivity contribution in [2.24, 2.45) is 0 Å². The second kappa shape index (κ2) is 6.93. The quantitative estimate of drug-likeness (QED) is 0.435. The molecule has 0 radical (unpaired) electrons. The van der Waals surface area contributed by atoms with Gasteiger partial charge in [-0.15, -0.1) is 0 Å². The van der Waals surface area contributed by atoms with Crippen LogP contribution in [0.25, 0.3) is 0 Å². The van der Waals surface area contributed by atoms with E-state index in [4.69, 9.17) is 10.8 Å². The normalized spacial score (nSPS) is 10.8. The minimum absolute atomic E-state index is 0.0532. The smallest absolute Gasteiger partial charge is 0.269 e. The van der Waals surface area contributed by atoms with Crippen molar-refractivity contribution in [3.8, 4) is 0 Å². The number of nitro benzene ring substituents is 1. The Balaban J connectivity index is 2.80. The highest BCUT2D eigenvalue weighted by molar-refractivity contribution is 5.52. The lowest BCUT2D eigenvalue weighted by Crippen LogP contribution is -2.25. The van der Waals surface area contributed by atoms with Crippen LogP contribution in [0.2, 0.25) is 0 Å². The van der Waals surface area contributed by atoms with Crippen molar-refractivity contribution >= 4 is 11.4 Å². The third-order valence-electron chi connectivity index (χ3n) is 2.81. The Morgan fingerprint density at radius 1 is 1.50 bits per heavy atom. The highest BCUT2D eigenvalue weighted by atomic mass is 16.6. The van der Waals surface area contributed by atoms with Gasteiger partial charge in [-0.1, -0.05) is 6.92 Å². The Hall–Kier alpha value is -1.66. The largest absolute Gasteiger partial charge is 0.398 e. The van der Waals surface area contributed by atoms with Crippen molar-refractivity contribution in [2.45, 2.75) is 19.9 Å². The SMILES string of the molecule is CCN(CCCO)Cc1cc([N+](=O)[O-])ccc1N. The number of benzene rings is 1. The van der Waals surface area contributed by atoms with Gasteiger partial charge < -0.3 is 10.8 Å². The monoisotopic (exact) mass is 253 g/mol. The number of aliphatic hydroxyl groups excluding tert-OH is 1. The number of nitro groups is 1. The summed E-state index contributed by atoms with van der Waals surface area (Å²) in [6, 6.07) is 4.48. The van der Waals surface area contributed by atoms with Crippen LogP contribution in [-0.2, 0) is 6.54 Å². The molecule has 18 heavy (non-hydrogen) atoms. The summed E-state index contributed by atoms with van der Waals surface area (Å²) >= 11 is 0. The van der Waals surface area contributed by atoms with Crippen LogP contribution in [0.4, 0.5) is 11.4 Å². The zero-order chi connectivity index (χ0) is 13.5. The van der Waals surface area contributed by atoms with Crippen LogP contribution in [0.1, 0.15) is 18.9 Å². The number of anilines is 1. The molecule has 0 saturated carbocycles. The number of hydrogen-bond acceptors (Lipinski definition) is 5. The average molecular weight is 253 g/mol. The third kappa shape index (κ3) is 3.97. The summed E-state index contributed by atoms with van der Waals surface area (Å²) in [6.45, 7) is 4.26. The summed E-state index contributed by atoms with van der Waals surface area (Å²) in [6.07, 6.45) is 0.683. The van der Waals surface area contributed by atoms with Gasteiger partial charge in [0.05, 0.1) is 4.92 Å². The molecule has 1 aromatic carbocycles. The van der Waals surface area contributed by atoms with E-state index in [0.29, 0.717) is 18.7 Å². The zero-order valence-corrected chi connectivity index (χ0v) is 10.5. The number of aliphatic hydroxyl groups is 1. The molecule has 0 fully saturated rings. The minimum Gasteiger partial charge on any atom is -0.398 e. The van der Waals surface area contributed by atoms with Gasteiger partial charge in [0.25, 0.3) is 5.69 Å². The molecule has 0 aromatic heterocycles. The molecular formula is C12H19N3O3. The van der Waals surface area contributed by atoms with Gasteiger partial charge in [0.15, 0.2) is 0 Å². The maximum Gasteiger partial charge on any atom is 0.269 e. The van der Waals surface area contributed by atoms with E-state index in [2.05, 4.69) is 4.90 Å². The molecule has 0 saturated heterocycles. The highest BCUT2D eigenvalue weighted by Gasteiger charge is 2.11. The fourth-order valence-corrected chi connectivity index (χ4v) is 1.73. The minimum atomic E-state index is -0.424. The summed E-state index contributed by atoms with van der Waals surface area (Å²) in [7, 11) is 0. The van der Waals surface area contributed by atoms with E-state index in [0.717, 1.165) is 18.7 Å². The van der Waals surface area contributed by atoms with E-state index in [1.165, 1.54) is 12.1 Å². The lowest BCUT2D eigenvalue weighted by atomic mass is 10.1. The first-order valence-electron chi connectivity index (χ1n) is 5.94. The Labute approximate surface area is 106 Å². The zero-order valence-electron chi connectivity index (χ0n) is 10.5. The van der Waals surface area contributed by atoms with Gasteiger partial charge in [-0.05, 0) is 24.6 Å². The molecule has 0 aliphatic heterocycles. The molecule has 0 heterocycles. The molecule has 0 amide bonds. The van der Waals surface area contributed by atoms with Gasteiger partial charge in [-0.2, -0.15) is 0 Å². The second-order valence-corrected chi connectivity index (χ2v) is 4.09. The Bertz CT molecular complexity index is 410. The number of nitrogens with two attached hydrogens (primary N) is 1. The lowest BCUT2D eigenvalue weighted by molar-refractivity contribution is -0.384. The number of non-ortho nitro benzene ring substituents is 1. The first-order chi connectivity index (χ1) is 8.58. The van der Waals surface area contributed by atoms with Crippen LogP contribution in [0.15, 0.2) is 18.2 Å². The van der Waals surface area contributed by atoms with Crippen molar-refractivity contribution in [3.05, 3.63) is 33.9 Å². The van der Waals surface area contributed by atoms with Crippen LogP contribution in [0, 0.1) is 10.1 Å². The van der Waals surface area contributed by atoms with Crippen molar-refractivity contribution in [3.63, 3.8) is 0 Å². The van der Waals surface area contributed by atoms with Crippen molar-refractivity contribution in [1.29, 1.82) is 0 Å². The Morgan fingerprint density at radius 3 is 2.78 bits per heavy atom. The van der Waals surface area contributed by atoms with Crippen LogP contribution in [0.5, 0.6) is 0 Å². The van der Waals surface area contributed by atoms with Gasteiger partial charge in [0.1, 0.15) is 0 Å². The van der Waals surface area contributed by atoms with Crippen LogP contribution < -0.4 is 5.73 Å². The summed E-state index contributed by atoms with van der Waals surface area (Å²) < 4.78 is 0. The maximum absolute atomic E-state index is 10.7. The fourth-order valence-electron chi connectivity index (χ4n) is 1.73. The summed E-state index contributed by atoms with van der Waals surface area (Å²) in [5.74, 6) is 0. The molecule has 6 nitrogen and oxygen atoms in total. The van der Waals surface area contributed by atoms with Crippen LogP contribution >= 0.6 is 0 Å². The fraction of sp³-hybridized carbons (Fsp3) is 0.500. The van der Waals surface area contributed by atoms with Crippen LogP contribution in [0.3, 0.4) is 0 Å². The van der Waals surface area contributed by atoms with Crippen molar-refractivity contribution in [1.82, 2.24) is 4.90 Å². The first-order valence-corrected chi connectivity index (χ1v) is 5.94. The second-order valence-electron chi connectivity index (χ2n) is 4.09. The molecule has 100 valence electrons. The standard InChI is InChI=1S/C12H19N3O3/c1-2-14(6-3-7-16)9-10-8-11(15(17)18)4-5-12(10)13/h4-5,8,16H,2-3,6-7,9,13H2,1H3. The molecule has 1 rings (SSSR count). The Kier molecular flexibility index (Phi) is 5.54. The van der Waals surface area contributed by atoms with E-state index in [1.54, 1.807) is 6.07 Å². The summed E-state index contributed by atoms with van der Waals surface area (Å²) in [5, 5.41) is 19.5. The molecule has 0 aliphatic rings. The number of hydrogen-bond donors (Lipinski definition) is 2. The molecular weight excluding hydrogens is 234 g/mol.